The maximum Gasteiger partial charge on any atom is 0.417 e. The van der Waals surface area contributed by atoms with E-state index in [1.165, 1.54) is 11.9 Å². The molecule has 7 nitrogen and oxygen atoms in total. The van der Waals surface area contributed by atoms with E-state index in [2.05, 4.69) is 25.3 Å². The molecule has 2 aromatic heterocycles. The van der Waals surface area contributed by atoms with Crippen LogP contribution in [0.3, 0.4) is 0 Å². The van der Waals surface area contributed by atoms with Crippen molar-refractivity contribution in [2.45, 2.75) is 70.3 Å². The van der Waals surface area contributed by atoms with Crippen molar-refractivity contribution in [3.63, 3.8) is 0 Å². The second-order valence-electron chi connectivity index (χ2n) is 10.1. The highest BCUT2D eigenvalue weighted by Gasteiger charge is 2.38. The number of likely N-dealkylation sites (tertiary alicyclic amines) is 1. The molecule has 0 radical (unpaired) electrons. The fourth-order valence-electron chi connectivity index (χ4n) is 5.09. The van der Waals surface area contributed by atoms with Gasteiger partial charge in [0.2, 0.25) is 0 Å². The Bertz CT molecular complexity index is 1330. The Morgan fingerprint density at radius 3 is 1.90 bits per heavy atom. The fourth-order valence-corrected chi connectivity index (χ4v) is 5.09. The second-order valence-corrected chi connectivity index (χ2v) is 10.1. The van der Waals surface area contributed by atoms with Crippen molar-refractivity contribution < 1.29 is 39.5 Å². The van der Waals surface area contributed by atoms with Gasteiger partial charge >= 0.3 is 18.5 Å². The first kappa shape index (κ1) is 31.5. The monoisotopic (exact) mass is 609 g/mol. The quantitative estimate of drug-likeness (QED) is 0.262. The SMILES string of the molecule is CCC(c1ncc(C(F)(F)F)cc1CN(Cc1cc(C(F)(F)F)cc(C(F)(F)F)c1)c1nnn(C)n1)N1CCCCC1. The smallest absolute Gasteiger partial charge is 0.329 e. The number of alkyl halides is 9. The molecule has 1 unspecified atom stereocenters. The molecule has 16 heteroatoms. The standard InChI is InChI=1S/C26H28F9N7/c1-3-21(41-7-5-4-6-8-41)22-17(11-20(13-36-22)26(33,34)35)15-42(23-37-39-40(2)38-23)14-16-9-18(24(27,28)29)12-19(10-16)25(30,31)32/h9-13,21H,3-8,14-15H2,1-2H3. The Hall–Kier alpha value is -3.43. The van der Waals surface area contributed by atoms with Crippen molar-refractivity contribution in [1.29, 1.82) is 0 Å². The van der Waals surface area contributed by atoms with Crippen molar-refractivity contribution in [1.82, 2.24) is 30.1 Å². The van der Waals surface area contributed by atoms with Crippen LogP contribution in [0, 0.1) is 0 Å². The summed E-state index contributed by atoms with van der Waals surface area (Å²) in [4.78, 5) is 8.52. The number of piperidine rings is 1. The lowest BCUT2D eigenvalue weighted by molar-refractivity contribution is -0.143. The van der Waals surface area contributed by atoms with Gasteiger partial charge in [0, 0.05) is 19.3 Å². The molecule has 42 heavy (non-hydrogen) atoms. The van der Waals surface area contributed by atoms with E-state index in [9.17, 15) is 39.5 Å². The van der Waals surface area contributed by atoms with Gasteiger partial charge in [0.1, 0.15) is 0 Å². The van der Waals surface area contributed by atoms with Gasteiger partial charge in [0.05, 0.1) is 35.5 Å². The van der Waals surface area contributed by atoms with E-state index in [4.69, 9.17) is 0 Å². The van der Waals surface area contributed by atoms with E-state index in [0.717, 1.165) is 36.3 Å². The van der Waals surface area contributed by atoms with Crippen LogP contribution in [0.2, 0.25) is 0 Å². The lowest BCUT2D eigenvalue weighted by atomic mass is 9.98. The summed E-state index contributed by atoms with van der Waals surface area (Å²) in [5.41, 5.74) is -4.04. The molecule has 0 spiro atoms. The maximum absolute atomic E-state index is 13.7. The normalized spacial score (nSPS) is 16.1. The number of rotatable bonds is 8. The summed E-state index contributed by atoms with van der Waals surface area (Å²) in [6.45, 7) is 2.31. The summed E-state index contributed by atoms with van der Waals surface area (Å²) in [7, 11) is 1.39. The summed E-state index contributed by atoms with van der Waals surface area (Å²) in [5.74, 6) is -0.196. The zero-order chi connectivity index (χ0) is 30.9. The van der Waals surface area contributed by atoms with Gasteiger partial charge in [-0.05, 0) is 73.0 Å². The third kappa shape index (κ3) is 7.50. The van der Waals surface area contributed by atoms with Crippen LogP contribution in [0.25, 0.3) is 0 Å². The molecule has 0 amide bonds. The van der Waals surface area contributed by atoms with Gasteiger partial charge in [-0.2, -0.15) is 44.3 Å². The predicted octanol–water partition coefficient (Wildman–Crippen LogP) is 6.81. The van der Waals surface area contributed by atoms with Crippen LogP contribution < -0.4 is 4.90 Å². The molecule has 1 aliphatic heterocycles. The zero-order valence-electron chi connectivity index (χ0n) is 22.7. The molecule has 1 aliphatic rings. The fraction of sp³-hybridized carbons (Fsp3) is 0.538. The van der Waals surface area contributed by atoms with Gasteiger partial charge in [-0.3, -0.25) is 9.88 Å². The maximum atomic E-state index is 13.7. The van der Waals surface area contributed by atoms with Crippen LogP contribution in [0.4, 0.5) is 45.5 Å². The summed E-state index contributed by atoms with van der Waals surface area (Å²) in [6, 6.07) is 1.68. The van der Waals surface area contributed by atoms with E-state index in [-0.39, 0.29) is 30.2 Å². The molecule has 4 rings (SSSR count). The molecule has 3 aromatic rings. The number of benzene rings is 1. The van der Waals surface area contributed by atoms with Crippen LogP contribution in [-0.2, 0) is 38.7 Å². The van der Waals surface area contributed by atoms with E-state index < -0.39 is 47.3 Å². The summed E-state index contributed by atoms with van der Waals surface area (Å²) < 4.78 is 122. The highest BCUT2D eigenvalue weighted by atomic mass is 19.4. The Morgan fingerprint density at radius 2 is 1.40 bits per heavy atom. The van der Waals surface area contributed by atoms with E-state index in [1.807, 2.05) is 6.92 Å². The predicted molar refractivity (Wildman–Crippen MR) is 133 cm³/mol. The molecule has 1 atom stereocenters. The second kappa shape index (κ2) is 12.1. The number of halogens is 9. The third-order valence-corrected chi connectivity index (χ3v) is 7.03. The van der Waals surface area contributed by atoms with Gasteiger partial charge in [-0.1, -0.05) is 18.4 Å². The third-order valence-electron chi connectivity index (χ3n) is 7.03. The van der Waals surface area contributed by atoms with Gasteiger partial charge < -0.3 is 4.90 Å². The average molecular weight is 610 g/mol. The largest absolute Gasteiger partial charge is 0.417 e. The topological polar surface area (TPSA) is 63.0 Å². The van der Waals surface area contributed by atoms with Gasteiger partial charge in [-0.25, -0.2) is 0 Å². The van der Waals surface area contributed by atoms with Crippen molar-refractivity contribution >= 4 is 5.95 Å². The summed E-state index contributed by atoms with van der Waals surface area (Å²) in [5, 5.41) is 11.5. The molecule has 0 aliphatic carbocycles. The molecule has 1 saturated heterocycles. The lowest BCUT2D eigenvalue weighted by Gasteiger charge is -2.35. The Balaban J connectivity index is 1.81. The first-order valence-electron chi connectivity index (χ1n) is 13.1. The first-order chi connectivity index (χ1) is 19.6. The van der Waals surface area contributed by atoms with Gasteiger partial charge in [0.25, 0.3) is 5.95 Å². The first-order valence-corrected chi connectivity index (χ1v) is 13.1. The van der Waals surface area contributed by atoms with Crippen LogP contribution in [0.15, 0.2) is 30.5 Å². The van der Waals surface area contributed by atoms with Crippen LogP contribution in [0.5, 0.6) is 0 Å². The Kier molecular flexibility index (Phi) is 9.04. The average Bonchev–Trinajstić information content (AvgIpc) is 3.34. The Morgan fingerprint density at radius 1 is 0.810 bits per heavy atom. The molecule has 0 bridgehead atoms. The number of nitrogens with zero attached hydrogens (tertiary/aromatic N) is 7. The van der Waals surface area contributed by atoms with Crippen molar-refractivity contribution in [2.75, 3.05) is 18.0 Å². The number of anilines is 1. The Labute approximate surface area is 235 Å². The number of hydrogen-bond acceptors (Lipinski definition) is 6. The van der Waals surface area contributed by atoms with Crippen LogP contribution in [0.1, 0.15) is 72.2 Å². The van der Waals surface area contributed by atoms with Crippen molar-refractivity contribution in [3.05, 3.63) is 64.0 Å². The number of tetrazole rings is 1. The minimum Gasteiger partial charge on any atom is -0.329 e. The molecule has 1 aromatic carbocycles. The van der Waals surface area contributed by atoms with Crippen molar-refractivity contribution in [2.24, 2.45) is 7.05 Å². The zero-order valence-corrected chi connectivity index (χ0v) is 22.7. The van der Waals surface area contributed by atoms with Gasteiger partial charge in [0.15, 0.2) is 0 Å². The number of hydrogen-bond donors (Lipinski definition) is 0. The molecule has 0 saturated carbocycles. The molecule has 230 valence electrons. The molecule has 3 heterocycles. The lowest BCUT2D eigenvalue weighted by Crippen LogP contribution is -2.35. The van der Waals surface area contributed by atoms with E-state index in [0.29, 0.717) is 37.3 Å². The van der Waals surface area contributed by atoms with Crippen molar-refractivity contribution in [3.8, 4) is 0 Å². The van der Waals surface area contributed by atoms with E-state index in [1.54, 1.807) is 0 Å². The molecule has 1 fully saturated rings. The molecular formula is C26H28F9N7. The van der Waals surface area contributed by atoms with Crippen LogP contribution in [-0.4, -0.2) is 43.2 Å². The minimum atomic E-state index is -5.08. The number of aryl methyl sites for hydroxylation is 1. The summed E-state index contributed by atoms with van der Waals surface area (Å²) >= 11 is 0. The summed E-state index contributed by atoms with van der Waals surface area (Å²) in [6.07, 6.45) is -10.8. The van der Waals surface area contributed by atoms with Gasteiger partial charge in [-0.15, -0.1) is 5.10 Å². The molecule has 0 N–H and O–H groups in total. The minimum absolute atomic E-state index is 0.00764. The highest BCUT2D eigenvalue weighted by molar-refractivity contribution is 5.40. The van der Waals surface area contributed by atoms with E-state index >= 15 is 0 Å². The van der Waals surface area contributed by atoms with Crippen LogP contribution >= 0.6 is 0 Å². The number of aromatic nitrogens is 5. The molecular weight excluding hydrogens is 581 g/mol. The highest BCUT2D eigenvalue weighted by Crippen LogP contribution is 2.38. The number of pyridine rings is 1.